The van der Waals surface area contributed by atoms with Gasteiger partial charge < -0.3 is 5.11 Å². The van der Waals surface area contributed by atoms with Gasteiger partial charge in [-0.3, -0.25) is 14.8 Å². The molecule has 0 bridgehead atoms. The lowest BCUT2D eigenvalue weighted by molar-refractivity contribution is -0.139. The van der Waals surface area contributed by atoms with Crippen molar-refractivity contribution in [3.63, 3.8) is 0 Å². The van der Waals surface area contributed by atoms with Crippen LogP contribution in [-0.4, -0.2) is 26.9 Å². The van der Waals surface area contributed by atoms with Crippen molar-refractivity contribution in [2.45, 2.75) is 53.2 Å². The van der Waals surface area contributed by atoms with Crippen LogP contribution in [0.3, 0.4) is 0 Å². The first-order chi connectivity index (χ1) is 7.88. The molecule has 0 aliphatic rings. The van der Waals surface area contributed by atoms with Crippen LogP contribution in [0, 0.1) is 13.8 Å². The third kappa shape index (κ3) is 2.85. The van der Waals surface area contributed by atoms with Crippen LogP contribution in [0.2, 0.25) is 0 Å². The van der Waals surface area contributed by atoms with Crippen molar-refractivity contribution in [1.82, 2.24) is 15.1 Å². The molecule has 0 fully saturated rings. The first-order valence-electron chi connectivity index (χ1n) is 5.91. The monoisotopic (exact) mass is 239 g/mol. The standard InChI is InChI=1S/C12H21N3O2/c1-6-15-10(5)11(8(3)14-15)7(2)13-9(4)12(16)17/h7,9,13H,6H2,1-5H3,(H,16,17). The molecule has 0 radical (unpaired) electrons. The summed E-state index contributed by atoms with van der Waals surface area (Å²) in [6, 6.07) is -0.574. The average Bonchev–Trinajstić information content (AvgIpc) is 2.53. The fourth-order valence-corrected chi connectivity index (χ4v) is 2.17. The number of nitrogens with zero attached hydrogens (tertiary/aromatic N) is 2. The van der Waals surface area contributed by atoms with E-state index in [0.29, 0.717) is 0 Å². The van der Waals surface area contributed by atoms with E-state index in [1.807, 2.05) is 32.4 Å². The Morgan fingerprint density at radius 1 is 1.47 bits per heavy atom. The number of aryl methyl sites for hydroxylation is 2. The Bertz CT molecular complexity index is 412. The second-order valence-corrected chi connectivity index (χ2v) is 4.35. The van der Waals surface area contributed by atoms with Crippen LogP contribution in [0.15, 0.2) is 0 Å². The molecule has 2 unspecified atom stereocenters. The molecule has 0 aliphatic heterocycles. The summed E-state index contributed by atoms with van der Waals surface area (Å²) in [6.45, 7) is 10.5. The highest BCUT2D eigenvalue weighted by molar-refractivity contribution is 5.72. The van der Waals surface area contributed by atoms with Gasteiger partial charge in [0.15, 0.2) is 0 Å². The van der Waals surface area contributed by atoms with E-state index in [2.05, 4.69) is 10.4 Å². The second kappa shape index (κ2) is 5.31. The molecule has 1 heterocycles. The van der Waals surface area contributed by atoms with Gasteiger partial charge in [-0.1, -0.05) is 0 Å². The molecule has 0 spiro atoms. The quantitative estimate of drug-likeness (QED) is 0.819. The van der Waals surface area contributed by atoms with Crippen molar-refractivity contribution in [2.24, 2.45) is 0 Å². The predicted molar refractivity (Wildman–Crippen MR) is 66.0 cm³/mol. The molecule has 0 amide bonds. The highest BCUT2D eigenvalue weighted by Gasteiger charge is 2.20. The zero-order valence-corrected chi connectivity index (χ0v) is 11.1. The van der Waals surface area contributed by atoms with Gasteiger partial charge in [0.05, 0.1) is 5.69 Å². The van der Waals surface area contributed by atoms with E-state index in [1.165, 1.54) is 0 Å². The number of carboxylic acids is 1. The molecule has 1 aromatic heterocycles. The maximum atomic E-state index is 10.8. The summed E-state index contributed by atoms with van der Waals surface area (Å²) in [5.74, 6) is -0.838. The number of rotatable bonds is 5. The van der Waals surface area contributed by atoms with E-state index < -0.39 is 12.0 Å². The minimum atomic E-state index is -0.838. The summed E-state index contributed by atoms with van der Waals surface area (Å²) in [7, 11) is 0. The average molecular weight is 239 g/mol. The summed E-state index contributed by atoms with van der Waals surface area (Å²) in [5, 5.41) is 16.4. The Morgan fingerprint density at radius 2 is 2.06 bits per heavy atom. The number of aromatic nitrogens is 2. The summed E-state index contributed by atoms with van der Waals surface area (Å²) >= 11 is 0. The molecule has 5 nitrogen and oxygen atoms in total. The molecule has 17 heavy (non-hydrogen) atoms. The van der Waals surface area contributed by atoms with E-state index in [9.17, 15) is 4.79 Å². The molecule has 0 aromatic carbocycles. The lowest BCUT2D eigenvalue weighted by Crippen LogP contribution is -2.35. The maximum absolute atomic E-state index is 10.8. The lowest BCUT2D eigenvalue weighted by Gasteiger charge is -2.17. The van der Waals surface area contributed by atoms with E-state index in [4.69, 9.17) is 5.11 Å². The van der Waals surface area contributed by atoms with Gasteiger partial charge in [-0.15, -0.1) is 0 Å². The predicted octanol–water partition coefficient (Wildman–Crippen LogP) is 1.64. The molecule has 0 aliphatic carbocycles. The fraction of sp³-hybridized carbons (Fsp3) is 0.667. The largest absolute Gasteiger partial charge is 0.480 e. The number of hydrogen-bond donors (Lipinski definition) is 2. The Morgan fingerprint density at radius 3 is 2.47 bits per heavy atom. The van der Waals surface area contributed by atoms with E-state index in [0.717, 1.165) is 23.5 Å². The highest BCUT2D eigenvalue weighted by atomic mass is 16.4. The van der Waals surface area contributed by atoms with Gasteiger partial charge in [-0.25, -0.2) is 0 Å². The van der Waals surface area contributed by atoms with Crippen LogP contribution in [0.1, 0.15) is 43.8 Å². The highest BCUT2D eigenvalue weighted by Crippen LogP contribution is 2.21. The molecule has 5 heteroatoms. The van der Waals surface area contributed by atoms with Crippen LogP contribution in [0.4, 0.5) is 0 Å². The number of hydrogen-bond acceptors (Lipinski definition) is 3. The molecule has 2 atom stereocenters. The van der Waals surface area contributed by atoms with Crippen LogP contribution >= 0.6 is 0 Å². The second-order valence-electron chi connectivity index (χ2n) is 4.35. The number of carbonyl (C=O) groups is 1. The van der Waals surface area contributed by atoms with Gasteiger partial charge in [0.25, 0.3) is 0 Å². The SMILES string of the molecule is CCn1nc(C)c(C(C)NC(C)C(=O)O)c1C. The van der Waals surface area contributed by atoms with Crippen molar-refractivity contribution >= 4 is 5.97 Å². The summed E-state index contributed by atoms with van der Waals surface area (Å²) in [5.41, 5.74) is 3.16. The Kier molecular flexibility index (Phi) is 4.28. The summed E-state index contributed by atoms with van der Waals surface area (Å²) in [6.07, 6.45) is 0. The molecule has 0 saturated heterocycles. The fourth-order valence-electron chi connectivity index (χ4n) is 2.17. The molecule has 1 rings (SSSR count). The smallest absolute Gasteiger partial charge is 0.320 e. The van der Waals surface area contributed by atoms with Crippen molar-refractivity contribution in [1.29, 1.82) is 0 Å². The first kappa shape index (κ1) is 13.7. The maximum Gasteiger partial charge on any atom is 0.320 e. The summed E-state index contributed by atoms with van der Waals surface area (Å²) < 4.78 is 1.94. The normalized spacial score (nSPS) is 14.6. The molecular formula is C12H21N3O2. The number of nitrogens with one attached hydrogen (secondary N) is 1. The van der Waals surface area contributed by atoms with Crippen molar-refractivity contribution in [2.75, 3.05) is 0 Å². The Hall–Kier alpha value is -1.36. The van der Waals surface area contributed by atoms with E-state index >= 15 is 0 Å². The molecule has 2 N–H and O–H groups in total. The van der Waals surface area contributed by atoms with Crippen LogP contribution < -0.4 is 5.32 Å². The van der Waals surface area contributed by atoms with Crippen molar-refractivity contribution < 1.29 is 9.90 Å². The third-order valence-corrected chi connectivity index (χ3v) is 3.04. The molecule has 96 valence electrons. The van der Waals surface area contributed by atoms with Gasteiger partial charge in [0, 0.05) is 23.8 Å². The van der Waals surface area contributed by atoms with E-state index in [1.54, 1.807) is 6.92 Å². The van der Waals surface area contributed by atoms with Gasteiger partial charge in [-0.05, 0) is 34.6 Å². The first-order valence-corrected chi connectivity index (χ1v) is 5.91. The number of carboxylic acid groups (broad SMARTS) is 1. The van der Waals surface area contributed by atoms with Crippen LogP contribution in [-0.2, 0) is 11.3 Å². The molecule has 0 saturated carbocycles. The summed E-state index contributed by atoms with van der Waals surface area (Å²) in [4.78, 5) is 10.8. The number of aliphatic carboxylic acids is 1. The Balaban J connectivity index is 2.92. The van der Waals surface area contributed by atoms with Gasteiger partial charge >= 0.3 is 5.97 Å². The van der Waals surface area contributed by atoms with Gasteiger partial charge in [0.2, 0.25) is 0 Å². The van der Waals surface area contributed by atoms with Crippen LogP contribution in [0.5, 0.6) is 0 Å². The zero-order valence-electron chi connectivity index (χ0n) is 11.1. The van der Waals surface area contributed by atoms with E-state index in [-0.39, 0.29) is 6.04 Å². The van der Waals surface area contributed by atoms with Crippen LogP contribution in [0.25, 0.3) is 0 Å². The minimum Gasteiger partial charge on any atom is -0.480 e. The topological polar surface area (TPSA) is 67.2 Å². The molecular weight excluding hydrogens is 218 g/mol. The zero-order chi connectivity index (χ0) is 13.2. The lowest BCUT2D eigenvalue weighted by atomic mass is 10.1. The van der Waals surface area contributed by atoms with Gasteiger partial charge in [-0.2, -0.15) is 5.10 Å². The third-order valence-electron chi connectivity index (χ3n) is 3.04. The van der Waals surface area contributed by atoms with Crippen molar-refractivity contribution in [3.8, 4) is 0 Å². The minimum absolute atomic E-state index is 0.0126. The van der Waals surface area contributed by atoms with Gasteiger partial charge in [0.1, 0.15) is 6.04 Å². The Labute approximate surface area is 102 Å². The molecule has 1 aromatic rings. The van der Waals surface area contributed by atoms with Crippen molar-refractivity contribution in [3.05, 3.63) is 17.0 Å².